The van der Waals surface area contributed by atoms with Crippen LogP contribution in [-0.2, 0) is 23.6 Å². The summed E-state index contributed by atoms with van der Waals surface area (Å²) in [6.07, 6.45) is 3.55. The predicted molar refractivity (Wildman–Crippen MR) is 121 cm³/mol. The minimum Gasteiger partial charge on any atom is -0.334 e. The Morgan fingerprint density at radius 1 is 1.10 bits per heavy atom. The minimum absolute atomic E-state index is 0.0402. The number of benzene rings is 2. The first-order chi connectivity index (χ1) is 14.9. The zero-order chi connectivity index (χ0) is 21.8. The van der Waals surface area contributed by atoms with Gasteiger partial charge in [0.1, 0.15) is 5.82 Å². The monoisotopic (exact) mass is 452 g/mol. The summed E-state index contributed by atoms with van der Waals surface area (Å²) >= 11 is 1.47. The lowest BCUT2D eigenvalue weighted by atomic mass is 10.1. The molecule has 158 valence electrons. The van der Waals surface area contributed by atoms with Gasteiger partial charge in [0.15, 0.2) is 0 Å². The summed E-state index contributed by atoms with van der Waals surface area (Å²) in [5, 5.41) is 4.71. The summed E-state index contributed by atoms with van der Waals surface area (Å²) in [6, 6.07) is 17.0. The average Bonchev–Trinajstić information content (AvgIpc) is 3.44. The van der Waals surface area contributed by atoms with Gasteiger partial charge in [-0.2, -0.15) is 0 Å². The van der Waals surface area contributed by atoms with Gasteiger partial charge in [0, 0.05) is 47.7 Å². The highest BCUT2D eigenvalue weighted by molar-refractivity contribution is 7.89. The highest BCUT2D eigenvalue weighted by Crippen LogP contribution is 2.21. The third-order valence-electron chi connectivity index (χ3n) is 4.62. The molecule has 7 nitrogen and oxygen atoms in total. The molecule has 0 bridgehead atoms. The maximum atomic E-state index is 12.8. The Morgan fingerprint density at radius 2 is 1.94 bits per heavy atom. The Kier molecular flexibility index (Phi) is 5.99. The Bertz CT molecular complexity index is 1310. The van der Waals surface area contributed by atoms with Crippen LogP contribution in [0.15, 0.2) is 83.3 Å². The molecular weight excluding hydrogens is 432 g/mol. The van der Waals surface area contributed by atoms with Gasteiger partial charge in [-0.3, -0.25) is 4.79 Å². The van der Waals surface area contributed by atoms with Crippen LogP contribution >= 0.6 is 11.3 Å². The van der Waals surface area contributed by atoms with E-state index in [9.17, 15) is 13.2 Å². The molecule has 31 heavy (non-hydrogen) atoms. The standard InChI is InChI=1S/C22H20N4O3S2/c1-26-11-10-23-21(26)16-5-2-7-18(13-16)25-22(27)17-6-3-9-20(14-17)31(28,29)24-15-19-8-4-12-30-19/h2-14,24H,15H2,1H3,(H,25,27). The first-order valence-corrected chi connectivity index (χ1v) is 11.8. The van der Waals surface area contributed by atoms with Crippen LogP contribution in [0.25, 0.3) is 11.4 Å². The number of nitrogens with one attached hydrogen (secondary N) is 2. The molecule has 0 aliphatic rings. The number of carbonyl (C=O) groups excluding carboxylic acids is 1. The number of anilines is 1. The van der Waals surface area contributed by atoms with E-state index in [2.05, 4.69) is 15.0 Å². The van der Waals surface area contributed by atoms with E-state index in [4.69, 9.17) is 0 Å². The third kappa shape index (κ3) is 4.91. The molecule has 0 aliphatic heterocycles. The smallest absolute Gasteiger partial charge is 0.255 e. The molecule has 2 N–H and O–H groups in total. The summed E-state index contributed by atoms with van der Waals surface area (Å²) < 4.78 is 29.7. The molecular formula is C22H20N4O3S2. The largest absolute Gasteiger partial charge is 0.334 e. The lowest BCUT2D eigenvalue weighted by Gasteiger charge is -2.10. The molecule has 0 atom stereocenters. The van der Waals surface area contributed by atoms with E-state index in [0.717, 1.165) is 16.3 Å². The normalized spacial score (nSPS) is 11.4. The van der Waals surface area contributed by atoms with Gasteiger partial charge in [-0.25, -0.2) is 18.1 Å². The number of sulfonamides is 1. The quantitative estimate of drug-likeness (QED) is 0.445. The van der Waals surface area contributed by atoms with E-state index in [0.29, 0.717) is 5.69 Å². The second kappa shape index (κ2) is 8.84. The summed E-state index contributed by atoms with van der Waals surface area (Å²) in [4.78, 5) is 18.0. The zero-order valence-corrected chi connectivity index (χ0v) is 18.3. The van der Waals surface area contributed by atoms with Crippen molar-refractivity contribution in [1.82, 2.24) is 14.3 Å². The van der Waals surface area contributed by atoms with Crippen molar-refractivity contribution in [3.05, 3.63) is 88.9 Å². The molecule has 0 aliphatic carbocycles. The van der Waals surface area contributed by atoms with Gasteiger partial charge in [0.05, 0.1) is 4.90 Å². The first kappa shape index (κ1) is 21.0. The minimum atomic E-state index is -3.74. The molecule has 0 fully saturated rings. The van der Waals surface area contributed by atoms with Crippen molar-refractivity contribution in [2.45, 2.75) is 11.4 Å². The number of aromatic nitrogens is 2. The molecule has 4 rings (SSSR count). The third-order valence-corrected chi connectivity index (χ3v) is 6.90. The second-order valence-corrected chi connectivity index (χ2v) is 9.63. The van der Waals surface area contributed by atoms with Crippen LogP contribution in [0.3, 0.4) is 0 Å². The van der Waals surface area contributed by atoms with Crippen LogP contribution in [0.4, 0.5) is 5.69 Å². The fourth-order valence-electron chi connectivity index (χ4n) is 3.05. The van der Waals surface area contributed by atoms with Crippen LogP contribution in [0.5, 0.6) is 0 Å². The van der Waals surface area contributed by atoms with Gasteiger partial charge in [0.2, 0.25) is 10.0 Å². The number of amides is 1. The highest BCUT2D eigenvalue weighted by Gasteiger charge is 2.17. The van der Waals surface area contributed by atoms with E-state index in [-0.39, 0.29) is 17.0 Å². The Balaban J connectivity index is 1.50. The van der Waals surface area contributed by atoms with Gasteiger partial charge in [0.25, 0.3) is 5.91 Å². The maximum absolute atomic E-state index is 12.8. The highest BCUT2D eigenvalue weighted by atomic mass is 32.2. The lowest BCUT2D eigenvalue weighted by molar-refractivity contribution is 0.102. The Hall–Kier alpha value is -3.27. The van der Waals surface area contributed by atoms with Crippen molar-refractivity contribution in [1.29, 1.82) is 0 Å². The summed E-state index contributed by atoms with van der Waals surface area (Å²) in [5.74, 6) is 0.383. The number of nitrogens with zero attached hydrogens (tertiary/aromatic N) is 2. The van der Waals surface area contributed by atoms with E-state index in [1.807, 2.05) is 53.5 Å². The van der Waals surface area contributed by atoms with Crippen molar-refractivity contribution < 1.29 is 13.2 Å². The number of hydrogen-bond donors (Lipinski definition) is 2. The number of thiophene rings is 1. The van der Waals surface area contributed by atoms with Gasteiger partial charge in [-0.1, -0.05) is 24.3 Å². The molecule has 0 spiro atoms. The molecule has 0 radical (unpaired) electrons. The molecule has 2 aromatic carbocycles. The molecule has 1 amide bonds. The number of aryl methyl sites for hydroxylation is 1. The van der Waals surface area contributed by atoms with E-state index in [1.54, 1.807) is 24.4 Å². The molecule has 9 heteroatoms. The maximum Gasteiger partial charge on any atom is 0.255 e. The second-order valence-electron chi connectivity index (χ2n) is 6.83. The van der Waals surface area contributed by atoms with Gasteiger partial charge < -0.3 is 9.88 Å². The SMILES string of the molecule is Cn1ccnc1-c1cccc(NC(=O)c2cccc(S(=O)(=O)NCc3cccs3)c2)c1. The average molecular weight is 453 g/mol. The van der Waals surface area contributed by atoms with Crippen LogP contribution in [0.2, 0.25) is 0 Å². The topological polar surface area (TPSA) is 93.1 Å². The molecule has 2 aromatic heterocycles. The summed E-state index contributed by atoms with van der Waals surface area (Å²) in [6.45, 7) is 0.205. The fourth-order valence-corrected chi connectivity index (χ4v) is 4.84. The van der Waals surface area contributed by atoms with E-state index < -0.39 is 15.9 Å². The molecule has 2 heterocycles. The Labute approximate surface area is 184 Å². The Morgan fingerprint density at radius 3 is 2.68 bits per heavy atom. The molecule has 0 saturated carbocycles. The fraction of sp³-hybridized carbons (Fsp3) is 0.0909. The molecule has 0 saturated heterocycles. The number of rotatable bonds is 7. The number of hydrogen-bond acceptors (Lipinski definition) is 5. The first-order valence-electron chi connectivity index (χ1n) is 9.43. The van der Waals surface area contributed by atoms with Gasteiger partial charge in [-0.05, 0) is 41.8 Å². The van der Waals surface area contributed by atoms with Crippen LogP contribution in [0, 0.1) is 0 Å². The summed E-state index contributed by atoms with van der Waals surface area (Å²) in [5.41, 5.74) is 1.70. The number of imidazole rings is 1. The van der Waals surface area contributed by atoms with Crippen molar-refractivity contribution >= 4 is 33.0 Å². The van der Waals surface area contributed by atoms with Crippen LogP contribution in [0.1, 0.15) is 15.2 Å². The van der Waals surface area contributed by atoms with Crippen LogP contribution in [-0.4, -0.2) is 23.9 Å². The van der Waals surface area contributed by atoms with Crippen molar-refractivity contribution in [3.63, 3.8) is 0 Å². The molecule has 0 unspecified atom stereocenters. The van der Waals surface area contributed by atoms with E-state index in [1.165, 1.54) is 23.5 Å². The van der Waals surface area contributed by atoms with E-state index >= 15 is 0 Å². The van der Waals surface area contributed by atoms with Crippen molar-refractivity contribution in [2.75, 3.05) is 5.32 Å². The van der Waals surface area contributed by atoms with Crippen molar-refractivity contribution in [2.24, 2.45) is 7.05 Å². The molecule has 4 aromatic rings. The number of carbonyl (C=O) groups is 1. The van der Waals surface area contributed by atoms with Gasteiger partial charge >= 0.3 is 0 Å². The lowest BCUT2D eigenvalue weighted by Crippen LogP contribution is -2.23. The van der Waals surface area contributed by atoms with Crippen molar-refractivity contribution in [3.8, 4) is 11.4 Å². The zero-order valence-electron chi connectivity index (χ0n) is 16.6. The van der Waals surface area contributed by atoms with Gasteiger partial charge in [-0.15, -0.1) is 11.3 Å². The summed E-state index contributed by atoms with van der Waals surface area (Å²) in [7, 11) is -1.85. The predicted octanol–water partition coefficient (Wildman–Crippen LogP) is 3.88. The van der Waals surface area contributed by atoms with Crippen LogP contribution < -0.4 is 10.0 Å².